The highest BCUT2D eigenvalue weighted by atomic mass is 35.5. The summed E-state index contributed by atoms with van der Waals surface area (Å²) in [6.07, 6.45) is 4.37. The number of ether oxygens (including phenoxy) is 1. The van der Waals surface area contributed by atoms with E-state index in [1.165, 1.54) is 7.11 Å². The summed E-state index contributed by atoms with van der Waals surface area (Å²) in [5.74, 6) is -0.184. The minimum Gasteiger partial charge on any atom is -0.507 e. The lowest BCUT2D eigenvalue weighted by Crippen LogP contribution is -2.40. The molecule has 0 saturated carbocycles. The molecule has 1 atom stereocenters. The van der Waals surface area contributed by atoms with E-state index in [1.54, 1.807) is 12.1 Å². The molecule has 1 saturated heterocycles. The maximum Gasteiger partial charge on any atom is 0.287 e. The number of amides is 2. The maximum absolute atomic E-state index is 13.0. The summed E-state index contributed by atoms with van der Waals surface area (Å²) in [6, 6.07) is 11.2. The molecule has 1 aromatic heterocycles. The van der Waals surface area contributed by atoms with Crippen LogP contribution in [0.25, 0.3) is 11.0 Å². The molecule has 0 radical (unpaired) electrons. The average Bonchev–Trinajstić information content (AvgIpc) is 3.54. The number of aromatic hydroxyl groups is 1. The van der Waals surface area contributed by atoms with Crippen LogP contribution >= 0.6 is 11.6 Å². The number of furan rings is 1. The number of unbranched alkanes of at least 4 members (excludes halogenated alkanes) is 1. The fraction of sp³-hybridized carbons (Fsp3) is 0.429. The van der Waals surface area contributed by atoms with Gasteiger partial charge in [0.2, 0.25) is 0 Å². The average molecular weight is 528 g/mol. The number of phenols is 1. The van der Waals surface area contributed by atoms with Gasteiger partial charge in [-0.2, -0.15) is 0 Å². The van der Waals surface area contributed by atoms with Crippen molar-refractivity contribution in [1.29, 1.82) is 0 Å². The number of para-hydroxylation sites is 1. The molecule has 0 spiro atoms. The van der Waals surface area contributed by atoms with Gasteiger partial charge in [0, 0.05) is 24.5 Å². The molecule has 1 aliphatic rings. The van der Waals surface area contributed by atoms with Crippen LogP contribution in [0.15, 0.2) is 40.8 Å². The van der Waals surface area contributed by atoms with Crippen molar-refractivity contribution in [3.8, 4) is 11.5 Å². The van der Waals surface area contributed by atoms with E-state index in [0.717, 1.165) is 44.2 Å². The first-order valence-corrected chi connectivity index (χ1v) is 13.2. The SMILES string of the molecule is CCc1cc(Cl)c(OC)c(C(=O)NC[C@@H]2CCCN2CCCCNC(=O)c2cc3ccccc3o2)c1O. The molecule has 0 bridgehead atoms. The van der Waals surface area contributed by atoms with E-state index < -0.39 is 5.91 Å². The molecule has 0 aliphatic carbocycles. The quantitative estimate of drug-likeness (QED) is 0.310. The molecule has 2 amide bonds. The van der Waals surface area contributed by atoms with Crippen molar-refractivity contribution in [3.63, 3.8) is 0 Å². The summed E-state index contributed by atoms with van der Waals surface area (Å²) < 4.78 is 10.9. The molecule has 9 heteroatoms. The molecular weight excluding hydrogens is 494 g/mol. The Morgan fingerprint density at radius 2 is 2.00 bits per heavy atom. The number of hydrogen-bond donors (Lipinski definition) is 3. The van der Waals surface area contributed by atoms with Gasteiger partial charge in [-0.3, -0.25) is 14.5 Å². The van der Waals surface area contributed by atoms with E-state index in [2.05, 4.69) is 15.5 Å². The summed E-state index contributed by atoms with van der Waals surface area (Å²) >= 11 is 6.28. The van der Waals surface area contributed by atoms with Gasteiger partial charge in [-0.15, -0.1) is 0 Å². The monoisotopic (exact) mass is 527 g/mol. The van der Waals surface area contributed by atoms with Crippen LogP contribution < -0.4 is 15.4 Å². The smallest absolute Gasteiger partial charge is 0.287 e. The first kappa shape index (κ1) is 26.8. The molecule has 1 fully saturated rings. The number of rotatable bonds is 11. The summed E-state index contributed by atoms with van der Waals surface area (Å²) in [4.78, 5) is 27.8. The predicted molar refractivity (Wildman–Crippen MR) is 144 cm³/mol. The van der Waals surface area contributed by atoms with Crippen LogP contribution in [-0.4, -0.2) is 61.2 Å². The fourth-order valence-electron chi connectivity index (χ4n) is 4.90. The zero-order valence-electron chi connectivity index (χ0n) is 21.3. The molecule has 3 N–H and O–H groups in total. The van der Waals surface area contributed by atoms with E-state index in [4.69, 9.17) is 20.8 Å². The molecule has 198 valence electrons. The summed E-state index contributed by atoms with van der Waals surface area (Å²) in [5.41, 5.74) is 1.39. The molecule has 8 nitrogen and oxygen atoms in total. The second-order valence-corrected chi connectivity index (χ2v) is 9.69. The zero-order valence-corrected chi connectivity index (χ0v) is 22.1. The summed E-state index contributed by atoms with van der Waals surface area (Å²) in [7, 11) is 1.43. The molecule has 2 aromatic carbocycles. The number of nitrogens with one attached hydrogen (secondary N) is 2. The van der Waals surface area contributed by atoms with Crippen molar-refractivity contribution < 1.29 is 23.8 Å². The van der Waals surface area contributed by atoms with Gasteiger partial charge < -0.3 is 24.9 Å². The van der Waals surface area contributed by atoms with Crippen LogP contribution in [0.5, 0.6) is 11.5 Å². The Morgan fingerprint density at radius 1 is 1.19 bits per heavy atom. The first-order chi connectivity index (χ1) is 17.9. The van der Waals surface area contributed by atoms with Crippen LogP contribution in [0.1, 0.15) is 59.1 Å². The van der Waals surface area contributed by atoms with Crippen LogP contribution in [0, 0.1) is 0 Å². The normalized spacial score (nSPS) is 15.7. The number of methoxy groups -OCH3 is 1. The van der Waals surface area contributed by atoms with Gasteiger partial charge in [-0.25, -0.2) is 0 Å². The maximum atomic E-state index is 13.0. The topological polar surface area (TPSA) is 104 Å². The molecule has 0 unspecified atom stereocenters. The molecule has 3 aromatic rings. The Hall–Kier alpha value is -3.23. The van der Waals surface area contributed by atoms with Crippen LogP contribution in [-0.2, 0) is 6.42 Å². The number of carbonyl (C=O) groups excluding carboxylic acids is 2. The number of likely N-dealkylation sites (tertiary alicyclic amines) is 1. The number of carbonyl (C=O) groups is 2. The zero-order chi connectivity index (χ0) is 26.4. The fourth-order valence-corrected chi connectivity index (χ4v) is 5.20. The third-order valence-electron chi connectivity index (χ3n) is 6.90. The van der Waals surface area contributed by atoms with Crippen molar-refractivity contribution in [2.45, 2.75) is 45.1 Å². The lowest BCUT2D eigenvalue weighted by molar-refractivity contribution is 0.0924. The summed E-state index contributed by atoms with van der Waals surface area (Å²) in [5, 5.41) is 17.7. The van der Waals surface area contributed by atoms with Gasteiger partial charge in [-0.05, 0) is 69.0 Å². The van der Waals surface area contributed by atoms with E-state index in [9.17, 15) is 14.7 Å². The minimum absolute atomic E-state index is 0.0802. The first-order valence-electron chi connectivity index (χ1n) is 12.8. The second-order valence-electron chi connectivity index (χ2n) is 9.28. The standard InChI is InChI=1S/C28H34ClN3O5/c1-3-18-15-21(29)26(36-2)24(25(18)33)28(35)31-17-20-10-8-14-32(20)13-7-6-12-30-27(34)23-16-19-9-4-5-11-22(19)37-23/h4-5,9,11,15-16,20,33H,3,6-8,10,12-14,17H2,1-2H3,(H,30,34)(H,31,35)/t20-/m0/s1. The Morgan fingerprint density at radius 3 is 2.76 bits per heavy atom. The Balaban J connectivity index is 1.23. The van der Waals surface area contributed by atoms with Crippen LogP contribution in [0.2, 0.25) is 5.02 Å². The van der Waals surface area contributed by atoms with Gasteiger partial charge in [0.25, 0.3) is 11.8 Å². The number of phenolic OH excluding ortho intramolecular Hbond substituents is 1. The third-order valence-corrected chi connectivity index (χ3v) is 7.18. The summed E-state index contributed by atoms with van der Waals surface area (Å²) in [6.45, 7) is 4.78. The van der Waals surface area contributed by atoms with Gasteiger partial charge in [-0.1, -0.05) is 36.7 Å². The van der Waals surface area contributed by atoms with Crippen molar-refractivity contribution >= 4 is 34.4 Å². The molecule has 2 heterocycles. The van der Waals surface area contributed by atoms with Crippen molar-refractivity contribution in [1.82, 2.24) is 15.5 Å². The molecular formula is C28H34ClN3O5. The Bertz CT molecular complexity index is 1230. The molecule has 4 rings (SSSR count). The Labute approximate surface area is 221 Å². The van der Waals surface area contributed by atoms with Gasteiger partial charge in [0.15, 0.2) is 11.5 Å². The largest absolute Gasteiger partial charge is 0.507 e. The second kappa shape index (κ2) is 12.3. The van der Waals surface area contributed by atoms with E-state index in [1.807, 2.05) is 31.2 Å². The number of aryl methyl sites for hydroxylation is 1. The van der Waals surface area contributed by atoms with Crippen molar-refractivity contribution in [2.24, 2.45) is 0 Å². The van der Waals surface area contributed by atoms with Gasteiger partial charge in [0.1, 0.15) is 16.9 Å². The van der Waals surface area contributed by atoms with E-state index in [0.29, 0.717) is 41.4 Å². The minimum atomic E-state index is -0.397. The number of benzene rings is 2. The van der Waals surface area contributed by atoms with Crippen LogP contribution in [0.4, 0.5) is 0 Å². The van der Waals surface area contributed by atoms with Crippen molar-refractivity contribution in [2.75, 3.05) is 33.3 Å². The number of halogens is 1. The Kier molecular flexibility index (Phi) is 8.95. The van der Waals surface area contributed by atoms with Gasteiger partial charge >= 0.3 is 0 Å². The number of hydrogen-bond acceptors (Lipinski definition) is 6. The van der Waals surface area contributed by atoms with Crippen LogP contribution in [0.3, 0.4) is 0 Å². The number of nitrogens with zero attached hydrogens (tertiary/aromatic N) is 1. The van der Waals surface area contributed by atoms with E-state index >= 15 is 0 Å². The van der Waals surface area contributed by atoms with Gasteiger partial charge in [0.05, 0.1) is 12.1 Å². The number of fused-ring (bicyclic) bond motifs is 1. The highest BCUT2D eigenvalue weighted by molar-refractivity contribution is 6.33. The molecule has 1 aliphatic heterocycles. The highest BCUT2D eigenvalue weighted by Gasteiger charge is 2.27. The third kappa shape index (κ3) is 6.19. The molecule has 37 heavy (non-hydrogen) atoms. The van der Waals surface area contributed by atoms with E-state index in [-0.39, 0.29) is 29.0 Å². The highest BCUT2D eigenvalue weighted by Crippen LogP contribution is 2.38. The lowest BCUT2D eigenvalue weighted by Gasteiger charge is -2.25. The predicted octanol–water partition coefficient (Wildman–Crippen LogP) is 4.77. The lowest BCUT2D eigenvalue weighted by atomic mass is 10.0. The van der Waals surface area contributed by atoms with Crippen molar-refractivity contribution in [3.05, 3.63) is 58.3 Å².